The normalized spacial score (nSPS) is 17.7. The van der Waals surface area contributed by atoms with Gasteiger partial charge in [0, 0.05) is 30.8 Å². The van der Waals surface area contributed by atoms with Crippen molar-refractivity contribution < 1.29 is 13.3 Å². The van der Waals surface area contributed by atoms with Gasteiger partial charge in [0.2, 0.25) is 0 Å². The van der Waals surface area contributed by atoms with Gasteiger partial charge in [-0.05, 0) is 44.4 Å². The lowest BCUT2D eigenvalue weighted by atomic mass is 10.00. The maximum atomic E-state index is 13.7. The first kappa shape index (κ1) is 19.7. The molecule has 6 nitrogen and oxygen atoms in total. The lowest BCUT2D eigenvalue weighted by Crippen LogP contribution is -2.40. The van der Waals surface area contributed by atoms with E-state index in [0.29, 0.717) is 28.5 Å². The minimum atomic E-state index is -0.672. The number of aromatic nitrogens is 3. The summed E-state index contributed by atoms with van der Waals surface area (Å²) in [5, 5.41) is 7.82. The van der Waals surface area contributed by atoms with Crippen LogP contribution in [-0.4, -0.2) is 45.7 Å². The van der Waals surface area contributed by atoms with Gasteiger partial charge in [0.1, 0.15) is 34.9 Å². The zero-order valence-electron chi connectivity index (χ0n) is 16.5. The van der Waals surface area contributed by atoms with Gasteiger partial charge < -0.3 is 14.7 Å². The second-order valence-corrected chi connectivity index (χ2v) is 7.47. The Labute approximate surface area is 168 Å². The molecule has 3 heterocycles. The van der Waals surface area contributed by atoms with Crippen LogP contribution in [0.3, 0.4) is 0 Å². The first-order valence-corrected chi connectivity index (χ1v) is 10.2. The number of nitrogens with zero attached hydrogens (tertiary/aromatic N) is 4. The van der Waals surface area contributed by atoms with Crippen molar-refractivity contribution in [1.29, 1.82) is 0 Å². The van der Waals surface area contributed by atoms with Crippen LogP contribution in [0.25, 0.3) is 22.4 Å². The summed E-state index contributed by atoms with van der Waals surface area (Å²) in [4.78, 5) is 11.0. The highest BCUT2D eigenvalue weighted by Crippen LogP contribution is 2.32. The predicted molar refractivity (Wildman–Crippen MR) is 108 cm³/mol. The number of hydrogen-bond donors (Lipinski definition) is 1. The molecule has 29 heavy (non-hydrogen) atoms. The van der Waals surface area contributed by atoms with Crippen LogP contribution in [0.15, 0.2) is 29.0 Å². The van der Waals surface area contributed by atoms with Crippen molar-refractivity contribution in [3.05, 3.63) is 36.2 Å². The average Bonchev–Trinajstić information content (AvgIpc) is 3.16. The summed E-state index contributed by atoms with van der Waals surface area (Å²) in [5.74, 6) is -0.786. The summed E-state index contributed by atoms with van der Waals surface area (Å²) in [5.41, 5.74) is 0.894. The summed E-state index contributed by atoms with van der Waals surface area (Å²) in [7, 11) is 0. The highest BCUT2D eigenvalue weighted by atomic mass is 19.1. The molecule has 2 aromatic heterocycles. The molecular weight excluding hydrogens is 376 g/mol. The second-order valence-electron chi connectivity index (χ2n) is 7.47. The van der Waals surface area contributed by atoms with Gasteiger partial charge in [-0.1, -0.05) is 18.5 Å². The summed E-state index contributed by atoms with van der Waals surface area (Å²) in [6, 6.07) is 3.95. The number of rotatable bonds is 7. The largest absolute Gasteiger partial charge is 0.369 e. The van der Waals surface area contributed by atoms with Gasteiger partial charge in [-0.2, -0.15) is 4.98 Å². The summed E-state index contributed by atoms with van der Waals surface area (Å²) >= 11 is 0. The number of likely N-dealkylation sites (tertiary alicyclic amines) is 1. The maximum Gasteiger partial charge on any atom is 0.263 e. The molecule has 0 radical (unpaired) electrons. The van der Waals surface area contributed by atoms with E-state index in [4.69, 9.17) is 4.52 Å². The lowest BCUT2D eigenvalue weighted by molar-refractivity contribution is 0.144. The SMILES string of the molecule is CC[C@H]1CCCCN1CCCNc1ncnc2onc(-c3cc(F)cc(F)c3)c12. The van der Waals surface area contributed by atoms with E-state index in [1.54, 1.807) is 0 Å². The molecule has 0 bridgehead atoms. The van der Waals surface area contributed by atoms with E-state index in [0.717, 1.165) is 32.1 Å². The third-order valence-electron chi connectivity index (χ3n) is 5.54. The summed E-state index contributed by atoms with van der Waals surface area (Å²) in [6.45, 7) is 5.17. The van der Waals surface area contributed by atoms with E-state index in [1.807, 2.05) is 0 Å². The third-order valence-corrected chi connectivity index (χ3v) is 5.54. The Kier molecular flexibility index (Phi) is 5.99. The van der Waals surface area contributed by atoms with Gasteiger partial charge in [0.25, 0.3) is 5.71 Å². The average molecular weight is 401 g/mol. The Bertz CT molecular complexity index is 957. The molecule has 0 spiro atoms. The molecular formula is C21H25F2N5O. The zero-order chi connectivity index (χ0) is 20.2. The van der Waals surface area contributed by atoms with E-state index in [1.165, 1.54) is 44.1 Å². The smallest absolute Gasteiger partial charge is 0.263 e. The fourth-order valence-electron chi connectivity index (χ4n) is 4.11. The van der Waals surface area contributed by atoms with Crippen molar-refractivity contribution in [2.45, 2.75) is 45.1 Å². The molecule has 1 aliphatic rings. The van der Waals surface area contributed by atoms with Crippen LogP contribution >= 0.6 is 0 Å². The number of benzene rings is 1. The van der Waals surface area contributed by atoms with Crippen LogP contribution in [0.2, 0.25) is 0 Å². The number of halogens is 2. The minimum Gasteiger partial charge on any atom is -0.369 e. The fraction of sp³-hybridized carbons (Fsp3) is 0.476. The third kappa shape index (κ3) is 4.37. The molecule has 1 saturated heterocycles. The van der Waals surface area contributed by atoms with E-state index in [9.17, 15) is 8.78 Å². The van der Waals surface area contributed by atoms with Crippen LogP contribution in [0, 0.1) is 11.6 Å². The Hall–Kier alpha value is -2.61. The Balaban J connectivity index is 1.48. The molecule has 1 aliphatic heterocycles. The van der Waals surface area contributed by atoms with E-state index in [-0.39, 0.29) is 5.71 Å². The zero-order valence-corrected chi connectivity index (χ0v) is 16.5. The highest BCUT2D eigenvalue weighted by Gasteiger charge is 2.21. The molecule has 3 aromatic rings. The molecule has 0 amide bonds. The summed E-state index contributed by atoms with van der Waals surface area (Å²) < 4.78 is 32.6. The number of anilines is 1. The topological polar surface area (TPSA) is 67.1 Å². The van der Waals surface area contributed by atoms with E-state index in [2.05, 4.69) is 32.3 Å². The van der Waals surface area contributed by atoms with Crippen molar-refractivity contribution in [3.63, 3.8) is 0 Å². The predicted octanol–water partition coefficient (Wildman–Crippen LogP) is 4.63. The molecule has 0 saturated carbocycles. The highest BCUT2D eigenvalue weighted by molar-refractivity contribution is 5.97. The maximum absolute atomic E-state index is 13.7. The first-order chi connectivity index (χ1) is 14.2. The number of piperidine rings is 1. The van der Waals surface area contributed by atoms with Crippen molar-refractivity contribution in [2.24, 2.45) is 0 Å². The quantitative estimate of drug-likeness (QED) is 0.582. The van der Waals surface area contributed by atoms with Crippen LogP contribution in [0.5, 0.6) is 0 Å². The number of nitrogens with one attached hydrogen (secondary N) is 1. The number of hydrogen-bond acceptors (Lipinski definition) is 6. The molecule has 154 valence electrons. The van der Waals surface area contributed by atoms with Crippen LogP contribution < -0.4 is 5.32 Å². The van der Waals surface area contributed by atoms with E-state index >= 15 is 0 Å². The van der Waals surface area contributed by atoms with Gasteiger partial charge >= 0.3 is 0 Å². The Morgan fingerprint density at radius 2 is 2.00 bits per heavy atom. The standard InChI is InChI=1S/C21H25F2N5O/c1-2-17-6-3-4-8-28(17)9-5-7-24-20-18-19(27-29-21(18)26-13-25-20)14-10-15(22)12-16(23)11-14/h10-13,17H,2-9H2,1H3,(H,24,25,26)/t17-/m0/s1. The first-order valence-electron chi connectivity index (χ1n) is 10.2. The Morgan fingerprint density at radius 1 is 1.17 bits per heavy atom. The van der Waals surface area contributed by atoms with Crippen LogP contribution in [0.1, 0.15) is 39.0 Å². The summed E-state index contributed by atoms with van der Waals surface area (Å²) in [6.07, 6.45) is 7.42. The molecule has 1 fully saturated rings. The molecule has 4 rings (SSSR count). The van der Waals surface area contributed by atoms with Crippen LogP contribution in [0.4, 0.5) is 14.6 Å². The van der Waals surface area contributed by atoms with Crippen molar-refractivity contribution in [2.75, 3.05) is 25.0 Å². The van der Waals surface area contributed by atoms with Gasteiger partial charge in [-0.25, -0.2) is 13.8 Å². The molecule has 1 atom stereocenters. The Morgan fingerprint density at radius 3 is 2.79 bits per heavy atom. The molecule has 8 heteroatoms. The van der Waals surface area contributed by atoms with Gasteiger partial charge in [0.05, 0.1) is 0 Å². The molecule has 1 aromatic carbocycles. The molecule has 0 aliphatic carbocycles. The minimum absolute atomic E-state index is 0.282. The molecule has 0 unspecified atom stereocenters. The monoisotopic (exact) mass is 401 g/mol. The van der Waals surface area contributed by atoms with E-state index < -0.39 is 11.6 Å². The number of fused-ring (bicyclic) bond motifs is 1. The lowest BCUT2D eigenvalue weighted by Gasteiger charge is -2.35. The second kappa shape index (κ2) is 8.82. The molecule has 1 N–H and O–H groups in total. The van der Waals surface area contributed by atoms with Gasteiger partial charge in [-0.15, -0.1) is 0 Å². The van der Waals surface area contributed by atoms with Gasteiger partial charge in [0.15, 0.2) is 0 Å². The van der Waals surface area contributed by atoms with Crippen LogP contribution in [-0.2, 0) is 0 Å². The van der Waals surface area contributed by atoms with Crippen molar-refractivity contribution in [3.8, 4) is 11.3 Å². The van der Waals surface area contributed by atoms with Crippen molar-refractivity contribution >= 4 is 16.9 Å². The fourth-order valence-corrected chi connectivity index (χ4v) is 4.11. The van der Waals surface area contributed by atoms with Crippen molar-refractivity contribution in [1.82, 2.24) is 20.0 Å². The van der Waals surface area contributed by atoms with Gasteiger partial charge in [-0.3, -0.25) is 0 Å².